The van der Waals surface area contributed by atoms with E-state index >= 15 is 0 Å². The van der Waals surface area contributed by atoms with Crippen molar-refractivity contribution in [1.29, 1.82) is 0 Å². The van der Waals surface area contributed by atoms with Crippen molar-refractivity contribution in [1.82, 2.24) is 9.88 Å². The van der Waals surface area contributed by atoms with Gasteiger partial charge in [-0.15, -0.1) is 0 Å². The number of halogens is 1. The third-order valence-corrected chi connectivity index (χ3v) is 3.06. The van der Waals surface area contributed by atoms with Crippen LogP contribution in [0.4, 0.5) is 4.39 Å². The van der Waals surface area contributed by atoms with E-state index in [1.54, 1.807) is 26.1 Å². The predicted molar refractivity (Wildman–Crippen MR) is 66.9 cm³/mol. The molecule has 2 N–H and O–H groups in total. The highest BCUT2D eigenvalue weighted by Crippen LogP contribution is 2.18. The Kier molecular flexibility index (Phi) is 3.34. The van der Waals surface area contributed by atoms with Crippen molar-refractivity contribution in [2.75, 3.05) is 13.7 Å². The number of rotatable bonds is 3. The number of fused-ring (bicyclic) bond motifs is 1. The second-order valence-corrected chi connectivity index (χ2v) is 4.36. The molecule has 0 fully saturated rings. The molecule has 0 aliphatic carbocycles. The summed E-state index contributed by atoms with van der Waals surface area (Å²) in [6, 6.07) is 5.66. The molecular weight excluding hydrogens is 235 g/mol. The van der Waals surface area contributed by atoms with E-state index in [1.165, 1.54) is 17.0 Å². The molecule has 0 aliphatic rings. The molecule has 0 aliphatic heterocycles. The van der Waals surface area contributed by atoms with Gasteiger partial charge in [0, 0.05) is 18.0 Å². The summed E-state index contributed by atoms with van der Waals surface area (Å²) in [4.78, 5) is 16.5. The highest BCUT2D eigenvalue weighted by Gasteiger charge is 2.18. The topological polar surface area (TPSA) is 56.3 Å². The van der Waals surface area contributed by atoms with Gasteiger partial charge >= 0.3 is 0 Å². The minimum absolute atomic E-state index is 0.100. The lowest BCUT2D eigenvalue weighted by atomic mass is 10.2. The van der Waals surface area contributed by atoms with Crippen molar-refractivity contribution in [2.45, 2.75) is 13.0 Å². The first-order chi connectivity index (χ1) is 8.52. The number of aromatic amines is 1. The smallest absolute Gasteiger partial charge is 0.270 e. The van der Waals surface area contributed by atoms with E-state index in [0.717, 1.165) is 0 Å². The maximum atomic E-state index is 13.0. The van der Waals surface area contributed by atoms with Crippen LogP contribution in [-0.4, -0.2) is 40.6 Å². The minimum atomic E-state index is -0.336. The third kappa shape index (κ3) is 2.22. The molecule has 2 aromatic rings. The molecule has 1 heterocycles. The highest BCUT2D eigenvalue weighted by molar-refractivity contribution is 5.98. The van der Waals surface area contributed by atoms with Gasteiger partial charge < -0.3 is 15.0 Å². The lowest BCUT2D eigenvalue weighted by molar-refractivity contribution is 0.0677. The molecule has 0 radical (unpaired) electrons. The molecule has 0 saturated carbocycles. The number of nitrogens with one attached hydrogen (secondary N) is 1. The molecule has 4 nitrogen and oxygen atoms in total. The summed E-state index contributed by atoms with van der Waals surface area (Å²) in [7, 11) is 1.62. The van der Waals surface area contributed by atoms with Gasteiger partial charge in [0.2, 0.25) is 0 Å². The van der Waals surface area contributed by atoms with E-state index in [1.807, 2.05) is 0 Å². The van der Waals surface area contributed by atoms with Gasteiger partial charge in [-0.1, -0.05) is 0 Å². The second kappa shape index (κ2) is 4.78. The fraction of sp³-hybridized carbons (Fsp3) is 0.308. The van der Waals surface area contributed by atoms with Crippen molar-refractivity contribution in [2.24, 2.45) is 0 Å². The molecule has 5 heteroatoms. The number of nitrogens with zero attached hydrogens (tertiary/aromatic N) is 1. The number of carbonyl (C=O) groups excluding carboxylic acids is 1. The zero-order valence-corrected chi connectivity index (χ0v) is 10.3. The summed E-state index contributed by atoms with van der Waals surface area (Å²) in [5, 5.41) is 9.68. The van der Waals surface area contributed by atoms with E-state index in [9.17, 15) is 9.18 Å². The lowest BCUT2D eigenvalue weighted by Crippen LogP contribution is -2.37. The number of hydrogen-bond acceptors (Lipinski definition) is 2. The van der Waals surface area contributed by atoms with Crippen LogP contribution in [0.2, 0.25) is 0 Å². The SMILES string of the molecule is CC(CO)N(C)C(=O)c1cc2cc(F)ccc2[nH]1. The van der Waals surface area contributed by atoms with E-state index in [4.69, 9.17) is 5.11 Å². The normalized spacial score (nSPS) is 12.7. The Labute approximate surface area is 104 Å². The van der Waals surface area contributed by atoms with Gasteiger partial charge in [-0.2, -0.15) is 0 Å². The molecule has 1 aromatic heterocycles. The van der Waals surface area contributed by atoms with Gasteiger partial charge in [-0.25, -0.2) is 4.39 Å². The molecule has 1 atom stereocenters. The zero-order chi connectivity index (χ0) is 13.3. The average molecular weight is 250 g/mol. The molecule has 1 unspecified atom stereocenters. The molecule has 0 saturated heterocycles. The van der Waals surface area contributed by atoms with Crippen LogP contribution in [0, 0.1) is 5.82 Å². The number of likely N-dealkylation sites (N-methyl/N-ethyl adjacent to an activating group) is 1. The molecular formula is C13H15FN2O2. The second-order valence-electron chi connectivity index (χ2n) is 4.36. The largest absolute Gasteiger partial charge is 0.394 e. The van der Waals surface area contributed by atoms with Crippen molar-refractivity contribution in [3.8, 4) is 0 Å². The molecule has 1 aromatic carbocycles. The average Bonchev–Trinajstić information content (AvgIpc) is 2.78. The van der Waals surface area contributed by atoms with Crippen molar-refractivity contribution in [3.63, 3.8) is 0 Å². The summed E-state index contributed by atoms with van der Waals surface area (Å²) in [5.74, 6) is -0.564. The molecule has 96 valence electrons. The van der Waals surface area contributed by atoms with E-state index < -0.39 is 0 Å². The van der Waals surface area contributed by atoms with Crippen molar-refractivity contribution in [3.05, 3.63) is 35.8 Å². The fourth-order valence-corrected chi connectivity index (χ4v) is 1.73. The number of hydrogen-bond donors (Lipinski definition) is 2. The Balaban J connectivity index is 2.33. The minimum Gasteiger partial charge on any atom is -0.394 e. The molecule has 2 rings (SSSR count). The maximum absolute atomic E-state index is 13.0. The van der Waals surface area contributed by atoms with Gasteiger partial charge in [-0.05, 0) is 31.2 Å². The zero-order valence-electron chi connectivity index (χ0n) is 10.3. The Morgan fingerprint density at radius 3 is 2.89 bits per heavy atom. The van der Waals surface area contributed by atoms with Crippen LogP contribution in [0.5, 0.6) is 0 Å². The highest BCUT2D eigenvalue weighted by atomic mass is 19.1. The Morgan fingerprint density at radius 1 is 1.50 bits per heavy atom. The number of aromatic nitrogens is 1. The first kappa shape index (κ1) is 12.6. The summed E-state index contributed by atoms with van der Waals surface area (Å²) in [5.41, 5.74) is 1.10. The van der Waals surface area contributed by atoms with Gasteiger partial charge in [0.15, 0.2) is 0 Å². The molecule has 1 amide bonds. The monoisotopic (exact) mass is 250 g/mol. The summed E-state index contributed by atoms with van der Waals surface area (Å²) in [6.45, 7) is 1.65. The van der Waals surface area contributed by atoms with Crippen LogP contribution in [0.1, 0.15) is 17.4 Å². The summed E-state index contributed by atoms with van der Waals surface area (Å²) < 4.78 is 13.0. The van der Waals surface area contributed by atoms with Gasteiger partial charge in [0.05, 0.1) is 12.6 Å². The van der Waals surface area contributed by atoms with Gasteiger partial charge in [0.25, 0.3) is 5.91 Å². The predicted octanol–water partition coefficient (Wildman–Crippen LogP) is 1.76. The van der Waals surface area contributed by atoms with Gasteiger partial charge in [0.1, 0.15) is 11.5 Å². The molecule has 18 heavy (non-hydrogen) atoms. The Hall–Kier alpha value is -1.88. The van der Waals surface area contributed by atoms with Crippen LogP contribution in [-0.2, 0) is 0 Å². The fourth-order valence-electron chi connectivity index (χ4n) is 1.73. The van der Waals surface area contributed by atoms with Crippen molar-refractivity contribution >= 4 is 16.8 Å². The van der Waals surface area contributed by atoms with Crippen molar-refractivity contribution < 1.29 is 14.3 Å². The first-order valence-corrected chi connectivity index (χ1v) is 5.69. The standard InChI is InChI=1S/C13H15FN2O2/c1-8(7-17)16(2)13(18)12-6-9-5-10(14)3-4-11(9)15-12/h3-6,8,15,17H,7H2,1-2H3. The van der Waals surface area contributed by atoms with E-state index in [0.29, 0.717) is 16.6 Å². The lowest BCUT2D eigenvalue weighted by Gasteiger charge is -2.22. The van der Waals surface area contributed by atoms with Crippen LogP contribution < -0.4 is 0 Å². The first-order valence-electron chi connectivity index (χ1n) is 5.69. The molecule has 0 bridgehead atoms. The van der Waals surface area contributed by atoms with Crippen LogP contribution in [0.3, 0.4) is 0 Å². The van der Waals surface area contributed by atoms with Gasteiger partial charge in [-0.3, -0.25) is 4.79 Å². The number of carbonyl (C=O) groups is 1. The third-order valence-electron chi connectivity index (χ3n) is 3.06. The maximum Gasteiger partial charge on any atom is 0.270 e. The van der Waals surface area contributed by atoms with Crippen LogP contribution in [0.15, 0.2) is 24.3 Å². The van der Waals surface area contributed by atoms with E-state index in [2.05, 4.69) is 4.98 Å². The number of benzene rings is 1. The Morgan fingerprint density at radius 2 is 2.22 bits per heavy atom. The number of H-pyrrole nitrogens is 1. The number of aliphatic hydroxyl groups excluding tert-OH is 1. The van der Waals surface area contributed by atoms with E-state index in [-0.39, 0.29) is 24.4 Å². The van der Waals surface area contributed by atoms with Crippen LogP contribution >= 0.6 is 0 Å². The number of aliphatic hydroxyl groups is 1. The Bertz CT molecular complexity index is 579. The summed E-state index contributed by atoms with van der Waals surface area (Å²) in [6.07, 6.45) is 0. The molecule has 0 spiro atoms. The quantitative estimate of drug-likeness (QED) is 0.872. The number of amides is 1. The summed E-state index contributed by atoms with van der Waals surface area (Å²) >= 11 is 0. The van der Waals surface area contributed by atoms with Crippen LogP contribution in [0.25, 0.3) is 10.9 Å².